The van der Waals surface area contributed by atoms with Crippen LogP contribution in [0.15, 0.2) is 25.3 Å². The fourth-order valence-electron chi connectivity index (χ4n) is 6.01. The highest BCUT2D eigenvalue weighted by Crippen LogP contribution is 2.68. The minimum absolute atomic E-state index is 0.0152. The fourth-order valence-corrected chi connectivity index (χ4v) is 8.41. The Morgan fingerprint density at radius 2 is 2.06 bits per heavy atom. The summed E-state index contributed by atoms with van der Waals surface area (Å²) in [6, 6.07) is -0.614. The van der Waals surface area contributed by atoms with E-state index >= 15 is 0 Å². The second kappa shape index (κ2) is 11.8. The molecule has 3 fully saturated rings. The van der Waals surface area contributed by atoms with Crippen molar-refractivity contribution in [3.63, 3.8) is 0 Å². The van der Waals surface area contributed by atoms with Crippen LogP contribution in [0.4, 0.5) is 0 Å². The van der Waals surface area contributed by atoms with Crippen LogP contribution in [-0.4, -0.2) is 81.6 Å². The van der Waals surface area contributed by atoms with Gasteiger partial charge in [0.1, 0.15) is 6.04 Å². The molecule has 6 atom stereocenters. The lowest BCUT2D eigenvalue weighted by molar-refractivity contribution is -0.154. The fraction of sp³-hybridized carbons (Fsp3) is 0.731. The zero-order chi connectivity index (χ0) is 24.9. The molecule has 1 spiro atoms. The number of rotatable bonds is 14. The maximum absolute atomic E-state index is 14.1. The summed E-state index contributed by atoms with van der Waals surface area (Å²) in [5, 5.41) is 9.28. The largest absolute Gasteiger partial charge is 0.465 e. The number of aliphatic hydroxyl groups excluding tert-OH is 1. The van der Waals surface area contributed by atoms with Crippen molar-refractivity contribution in [3.05, 3.63) is 25.3 Å². The number of aliphatic hydroxyl groups is 1. The average molecular weight is 493 g/mol. The van der Waals surface area contributed by atoms with E-state index in [1.165, 1.54) is 0 Å². The molecule has 3 unspecified atom stereocenters. The van der Waals surface area contributed by atoms with Crippen LogP contribution in [0.5, 0.6) is 0 Å². The highest BCUT2D eigenvalue weighted by atomic mass is 32.2. The number of nitrogens with zero attached hydrogens (tertiary/aromatic N) is 2. The van der Waals surface area contributed by atoms with Crippen LogP contribution in [0.2, 0.25) is 0 Å². The molecule has 3 aliphatic rings. The van der Waals surface area contributed by atoms with Gasteiger partial charge in [-0.3, -0.25) is 14.4 Å². The van der Waals surface area contributed by atoms with Gasteiger partial charge in [0.25, 0.3) is 0 Å². The van der Waals surface area contributed by atoms with Crippen molar-refractivity contribution in [1.82, 2.24) is 9.80 Å². The minimum atomic E-state index is -0.633. The van der Waals surface area contributed by atoms with Gasteiger partial charge in [-0.15, -0.1) is 24.9 Å². The maximum atomic E-state index is 14.1. The number of carbonyl (C=O) groups is 3. The standard InChI is InChI=1S/C26H40N2O5S/c1-5-8-13-27(12-7-3)24(31)22-26-18(4)17-19(34-26)20(25(32)33-16-9-6-2)21(26)23(30)28(22)14-10-11-15-29/h6-7,18-22,29H,2-3,5,8-17H2,1,4H3/t18?,19-,20+,21+,22?,26?/m1/s1. The van der Waals surface area contributed by atoms with Crippen molar-refractivity contribution >= 4 is 29.5 Å². The van der Waals surface area contributed by atoms with Crippen molar-refractivity contribution in [2.24, 2.45) is 17.8 Å². The van der Waals surface area contributed by atoms with E-state index in [1.807, 2.05) is 4.90 Å². The number of carbonyl (C=O) groups excluding carboxylic acids is 3. The van der Waals surface area contributed by atoms with Gasteiger partial charge in [-0.2, -0.15) is 0 Å². The number of thioether (sulfide) groups is 1. The van der Waals surface area contributed by atoms with E-state index in [4.69, 9.17) is 4.74 Å². The Bertz CT molecular complexity index is 789. The molecule has 3 heterocycles. The summed E-state index contributed by atoms with van der Waals surface area (Å²) in [5.74, 6) is -1.44. The quantitative estimate of drug-likeness (QED) is 0.228. The molecular weight excluding hydrogens is 452 g/mol. The molecule has 0 aromatic carbocycles. The molecule has 0 aromatic heterocycles. The van der Waals surface area contributed by atoms with E-state index in [1.54, 1.807) is 28.8 Å². The molecule has 7 nitrogen and oxygen atoms in total. The third kappa shape index (κ3) is 4.68. The third-order valence-corrected chi connectivity index (χ3v) is 9.64. The van der Waals surface area contributed by atoms with Gasteiger partial charge >= 0.3 is 5.97 Å². The molecule has 0 aromatic rings. The van der Waals surface area contributed by atoms with E-state index in [-0.39, 0.29) is 42.2 Å². The van der Waals surface area contributed by atoms with Gasteiger partial charge in [0, 0.05) is 31.5 Å². The number of amides is 2. The van der Waals surface area contributed by atoms with Crippen LogP contribution >= 0.6 is 11.8 Å². The highest BCUT2D eigenvalue weighted by molar-refractivity contribution is 8.02. The smallest absolute Gasteiger partial charge is 0.310 e. The second-order valence-corrected chi connectivity index (χ2v) is 11.2. The van der Waals surface area contributed by atoms with Gasteiger partial charge in [-0.05, 0) is 38.0 Å². The Hall–Kier alpha value is -1.80. The number of fused-ring (bicyclic) bond motifs is 1. The molecular formula is C26H40N2O5S. The summed E-state index contributed by atoms with van der Waals surface area (Å²) in [5.41, 5.74) is 0. The Morgan fingerprint density at radius 1 is 1.29 bits per heavy atom. The topological polar surface area (TPSA) is 87.1 Å². The summed E-state index contributed by atoms with van der Waals surface area (Å²) < 4.78 is 4.91. The summed E-state index contributed by atoms with van der Waals surface area (Å²) in [6.07, 6.45) is 7.82. The van der Waals surface area contributed by atoms with Crippen molar-refractivity contribution in [1.29, 1.82) is 0 Å². The van der Waals surface area contributed by atoms with Crippen LogP contribution < -0.4 is 0 Å². The monoisotopic (exact) mass is 492 g/mol. The van der Waals surface area contributed by atoms with Crippen molar-refractivity contribution in [3.8, 4) is 0 Å². The number of esters is 1. The number of hydrogen-bond acceptors (Lipinski definition) is 6. The normalized spacial score (nSPS) is 31.4. The van der Waals surface area contributed by atoms with Gasteiger partial charge in [0.05, 0.1) is 23.2 Å². The number of ether oxygens (including phenoxy) is 1. The number of likely N-dealkylation sites (tertiary alicyclic amines) is 1. The predicted molar refractivity (Wildman–Crippen MR) is 134 cm³/mol. The summed E-state index contributed by atoms with van der Waals surface area (Å²) in [7, 11) is 0. The molecule has 0 saturated carbocycles. The molecule has 0 aliphatic carbocycles. The minimum Gasteiger partial charge on any atom is -0.465 e. The second-order valence-electron chi connectivity index (χ2n) is 9.69. The van der Waals surface area contributed by atoms with Crippen LogP contribution in [0.3, 0.4) is 0 Å². The first-order valence-electron chi connectivity index (χ1n) is 12.6. The van der Waals surface area contributed by atoms with Gasteiger partial charge < -0.3 is 19.6 Å². The van der Waals surface area contributed by atoms with Gasteiger partial charge in [0.15, 0.2) is 0 Å². The first-order chi connectivity index (χ1) is 16.4. The lowest BCUT2D eigenvalue weighted by Crippen LogP contribution is -2.57. The summed E-state index contributed by atoms with van der Waals surface area (Å²) in [4.78, 5) is 44.7. The zero-order valence-electron chi connectivity index (χ0n) is 20.6. The van der Waals surface area contributed by atoms with Gasteiger partial charge in [-0.25, -0.2) is 0 Å². The van der Waals surface area contributed by atoms with Gasteiger partial charge in [-0.1, -0.05) is 32.4 Å². The van der Waals surface area contributed by atoms with Crippen molar-refractivity contribution in [2.45, 2.75) is 68.4 Å². The first kappa shape index (κ1) is 26.8. The average Bonchev–Trinajstić information content (AvgIpc) is 3.40. The lowest BCUT2D eigenvalue weighted by atomic mass is 9.66. The van der Waals surface area contributed by atoms with E-state index < -0.39 is 22.6 Å². The Kier molecular flexibility index (Phi) is 9.27. The predicted octanol–water partition coefficient (Wildman–Crippen LogP) is 3.03. The molecule has 2 bridgehead atoms. The first-order valence-corrected chi connectivity index (χ1v) is 13.5. The van der Waals surface area contributed by atoms with E-state index in [2.05, 4.69) is 27.0 Å². The third-order valence-electron chi connectivity index (χ3n) is 7.57. The molecule has 2 amide bonds. The number of unbranched alkanes of at least 4 members (excludes halogenated alkanes) is 2. The van der Waals surface area contributed by atoms with Crippen molar-refractivity contribution in [2.75, 3.05) is 32.8 Å². The molecule has 1 N–H and O–H groups in total. The molecule has 3 rings (SSSR count). The lowest BCUT2D eigenvalue weighted by Gasteiger charge is -2.40. The maximum Gasteiger partial charge on any atom is 0.310 e. The van der Waals surface area contributed by atoms with Crippen LogP contribution in [0.1, 0.15) is 52.4 Å². The summed E-state index contributed by atoms with van der Waals surface area (Å²) >= 11 is 1.67. The van der Waals surface area contributed by atoms with E-state index in [0.29, 0.717) is 38.9 Å². The molecule has 0 radical (unpaired) electrons. The Morgan fingerprint density at radius 3 is 2.71 bits per heavy atom. The van der Waals surface area contributed by atoms with Crippen LogP contribution in [0.25, 0.3) is 0 Å². The molecule has 34 heavy (non-hydrogen) atoms. The Labute approximate surface area is 208 Å². The van der Waals surface area contributed by atoms with Crippen LogP contribution in [-0.2, 0) is 19.1 Å². The van der Waals surface area contributed by atoms with Gasteiger partial charge in [0.2, 0.25) is 11.8 Å². The Balaban J connectivity index is 1.98. The molecule has 8 heteroatoms. The van der Waals surface area contributed by atoms with Crippen LogP contribution in [0, 0.1) is 17.8 Å². The summed E-state index contributed by atoms with van der Waals surface area (Å²) in [6.45, 7) is 13.5. The number of hydrogen-bond donors (Lipinski definition) is 1. The molecule has 3 saturated heterocycles. The van der Waals surface area contributed by atoms with E-state index in [9.17, 15) is 19.5 Å². The molecule has 3 aliphatic heterocycles. The highest BCUT2D eigenvalue weighted by Gasteiger charge is 2.76. The van der Waals surface area contributed by atoms with E-state index in [0.717, 1.165) is 19.3 Å². The molecule has 190 valence electrons. The van der Waals surface area contributed by atoms with Crippen molar-refractivity contribution < 1.29 is 24.2 Å². The SMILES string of the molecule is C=CCCOC(=O)[C@@H]1[C@H]2C(=O)N(CCCCO)C(C(=O)N(CC=C)CCCC)C23S[C@@H]1CC3C. The zero-order valence-corrected chi connectivity index (χ0v) is 21.4.